The Morgan fingerprint density at radius 3 is 1.19 bits per heavy atom. The molecule has 0 amide bonds. The van der Waals surface area contributed by atoms with Crippen LogP contribution in [0.1, 0.15) is 54.4 Å². The van der Waals surface area contributed by atoms with Crippen molar-refractivity contribution in [1.29, 1.82) is 0 Å². The van der Waals surface area contributed by atoms with Crippen LogP contribution in [0.15, 0.2) is 0 Å². The average Bonchev–Trinajstić information content (AvgIpc) is 2.36. The van der Waals surface area contributed by atoms with Crippen molar-refractivity contribution >= 4 is 0 Å². The summed E-state index contributed by atoms with van der Waals surface area (Å²) in [7, 11) is 4.51. The number of rotatable bonds is 2. The Hall–Kier alpha value is -0.0800. The van der Waals surface area contributed by atoms with E-state index < -0.39 is 0 Å². The summed E-state index contributed by atoms with van der Waals surface area (Å²) in [4.78, 5) is 5.02. The van der Waals surface area contributed by atoms with Gasteiger partial charge < -0.3 is 9.80 Å². The lowest BCUT2D eigenvalue weighted by Crippen LogP contribution is -2.56. The molecule has 0 aromatic rings. The minimum Gasteiger partial charge on any atom is -0.301 e. The lowest BCUT2D eigenvalue weighted by molar-refractivity contribution is 0.0483. The molecule has 0 aromatic heterocycles. The van der Waals surface area contributed by atoms with Crippen LogP contribution in [-0.2, 0) is 0 Å². The fourth-order valence-corrected chi connectivity index (χ4v) is 2.40. The second-order valence-corrected chi connectivity index (χ2v) is 3.91. The van der Waals surface area contributed by atoms with Crippen molar-refractivity contribution in [2.45, 2.75) is 66.5 Å². The molecule has 100 valence electrons. The first kappa shape index (κ1) is 18.3. The van der Waals surface area contributed by atoms with E-state index in [2.05, 4.69) is 37.7 Å². The van der Waals surface area contributed by atoms with Gasteiger partial charge in [0.1, 0.15) is 0 Å². The number of hydrogen-bond donors (Lipinski definition) is 0. The monoisotopic (exact) mass is 230 g/mol. The molecule has 0 saturated carbocycles. The number of piperazine rings is 1. The van der Waals surface area contributed by atoms with Gasteiger partial charge in [-0.1, -0.05) is 41.5 Å². The van der Waals surface area contributed by atoms with Crippen LogP contribution >= 0.6 is 0 Å². The maximum Gasteiger partial charge on any atom is 0.0246 e. The number of nitrogens with zero attached hydrogens (tertiary/aromatic N) is 2. The second-order valence-electron chi connectivity index (χ2n) is 3.91. The Balaban J connectivity index is 0. The molecule has 16 heavy (non-hydrogen) atoms. The Morgan fingerprint density at radius 2 is 1.00 bits per heavy atom. The maximum absolute atomic E-state index is 2.51. The van der Waals surface area contributed by atoms with Crippen LogP contribution in [0.5, 0.6) is 0 Å². The molecule has 2 heteroatoms. The topological polar surface area (TPSA) is 6.48 Å². The van der Waals surface area contributed by atoms with E-state index >= 15 is 0 Å². The first-order chi connectivity index (χ1) is 7.70. The average molecular weight is 230 g/mol. The van der Waals surface area contributed by atoms with Gasteiger partial charge in [-0.3, -0.25) is 0 Å². The van der Waals surface area contributed by atoms with Crippen LogP contribution < -0.4 is 0 Å². The van der Waals surface area contributed by atoms with Gasteiger partial charge in [-0.25, -0.2) is 0 Å². The van der Waals surface area contributed by atoms with Gasteiger partial charge >= 0.3 is 0 Å². The third kappa shape index (κ3) is 5.31. The third-order valence-electron chi connectivity index (χ3n) is 3.22. The first-order valence-electron chi connectivity index (χ1n) is 7.11. The summed E-state index contributed by atoms with van der Waals surface area (Å²) in [5.41, 5.74) is 0. The van der Waals surface area contributed by atoms with Gasteiger partial charge in [0, 0.05) is 25.2 Å². The van der Waals surface area contributed by atoms with Gasteiger partial charge in [-0.05, 0) is 26.9 Å². The smallest absolute Gasteiger partial charge is 0.0246 e. The number of likely N-dealkylation sites (N-methyl/N-ethyl adjacent to an activating group) is 2. The van der Waals surface area contributed by atoms with E-state index in [0.717, 1.165) is 12.1 Å². The summed E-state index contributed by atoms with van der Waals surface area (Å²) in [6.07, 6.45) is 2.55. The highest BCUT2D eigenvalue weighted by atomic mass is 15.3. The van der Waals surface area contributed by atoms with Crippen LogP contribution in [-0.4, -0.2) is 49.1 Å². The molecule has 1 heterocycles. The summed E-state index contributed by atoms with van der Waals surface area (Å²) in [5, 5.41) is 0. The second kappa shape index (κ2) is 11.4. The summed E-state index contributed by atoms with van der Waals surface area (Å²) in [6.45, 7) is 15.0. The molecule has 0 bridgehead atoms. The fourth-order valence-electron chi connectivity index (χ4n) is 2.40. The van der Waals surface area contributed by atoms with Crippen LogP contribution in [0, 0.1) is 0 Å². The lowest BCUT2D eigenvalue weighted by Gasteiger charge is -2.44. The van der Waals surface area contributed by atoms with Gasteiger partial charge in [0.05, 0.1) is 0 Å². The van der Waals surface area contributed by atoms with Gasteiger partial charge in [-0.2, -0.15) is 0 Å². The molecule has 2 unspecified atom stereocenters. The maximum atomic E-state index is 2.51. The third-order valence-corrected chi connectivity index (χ3v) is 3.22. The van der Waals surface area contributed by atoms with Crippen molar-refractivity contribution in [3.63, 3.8) is 0 Å². The zero-order chi connectivity index (χ0) is 13.1. The minimum atomic E-state index is 0.772. The van der Waals surface area contributed by atoms with Crippen molar-refractivity contribution in [2.24, 2.45) is 0 Å². The van der Waals surface area contributed by atoms with E-state index in [0.29, 0.717) is 0 Å². The lowest BCUT2D eigenvalue weighted by atomic mass is 9.98. The van der Waals surface area contributed by atoms with E-state index in [4.69, 9.17) is 0 Å². The molecule has 2 nitrogen and oxygen atoms in total. The van der Waals surface area contributed by atoms with E-state index in [9.17, 15) is 0 Å². The van der Waals surface area contributed by atoms with E-state index in [1.54, 1.807) is 0 Å². The SMILES string of the molecule is CC.CC.CCC1C(CC)N(C)CCN1C. The zero-order valence-corrected chi connectivity index (χ0v) is 12.9. The Bertz CT molecular complexity index is 121. The largest absolute Gasteiger partial charge is 0.301 e. The molecule has 1 rings (SSSR count). The molecule has 1 saturated heterocycles. The van der Waals surface area contributed by atoms with Crippen molar-refractivity contribution in [2.75, 3.05) is 27.2 Å². The predicted molar refractivity (Wildman–Crippen MR) is 76.1 cm³/mol. The quantitative estimate of drug-likeness (QED) is 0.717. The Morgan fingerprint density at radius 1 is 0.750 bits per heavy atom. The molecule has 0 spiro atoms. The molecular weight excluding hydrogens is 196 g/mol. The number of hydrogen-bond acceptors (Lipinski definition) is 2. The van der Waals surface area contributed by atoms with E-state index in [1.165, 1.54) is 25.9 Å². The Labute approximate surface area is 104 Å². The molecule has 0 aliphatic carbocycles. The normalized spacial score (nSPS) is 26.2. The first-order valence-corrected chi connectivity index (χ1v) is 7.11. The zero-order valence-electron chi connectivity index (χ0n) is 12.9. The van der Waals surface area contributed by atoms with Gasteiger partial charge in [-0.15, -0.1) is 0 Å². The molecular formula is C14H34N2. The van der Waals surface area contributed by atoms with Crippen molar-refractivity contribution < 1.29 is 0 Å². The standard InChI is InChI=1S/C10H22N2.2C2H6/c1-5-9-10(6-2)12(4)8-7-11(9)3;2*1-2/h9-10H,5-8H2,1-4H3;2*1-2H3. The molecule has 0 aromatic carbocycles. The molecule has 2 atom stereocenters. The highest BCUT2D eigenvalue weighted by Crippen LogP contribution is 2.19. The summed E-state index contributed by atoms with van der Waals surface area (Å²) >= 11 is 0. The molecule has 0 N–H and O–H groups in total. The fraction of sp³-hybridized carbons (Fsp3) is 1.00. The van der Waals surface area contributed by atoms with Crippen molar-refractivity contribution in [3.8, 4) is 0 Å². The predicted octanol–water partition coefficient (Wildman–Crippen LogP) is 3.47. The Kier molecular flexibility index (Phi) is 13.0. The summed E-state index contributed by atoms with van der Waals surface area (Å²) in [5.74, 6) is 0. The van der Waals surface area contributed by atoms with Crippen LogP contribution in [0.25, 0.3) is 0 Å². The van der Waals surface area contributed by atoms with Gasteiger partial charge in [0.15, 0.2) is 0 Å². The van der Waals surface area contributed by atoms with Crippen molar-refractivity contribution in [1.82, 2.24) is 9.80 Å². The summed E-state index contributed by atoms with van der Waals surface area (Å²) in [6, 6.07) is 1.54. The highest BCUT2D eigenvalue weighted by Gasteiger charge is 2.29. The van der Waals surface area contributed by atoms with Gasteiger partial charge in [0.2, 0.25) is 0 Å². The highest BCUT2D eigenvalue weighted by molar-refractivity contribution is 4.87. The molecule has 1 aliphatic rings. The molecule has 1 aliphatic heterocycles. The summed E-state index contributed by atoms with van der Waals surface area (Å²) < 4.78 is 0. The van der Waals surface area contributed by atoms with Crippen LogP contribution in [0.3, 0.4) is 0 Å². The van der Waals surface area contributed by atoms with Crippen molar-refractivity contribution in [3.05, 3.63) is 0 Å². The van der Waals surface area contributed by atoms with Crippen LogP contribution in [0.4, 0.5) is 0 Å². The molecule has 1 fully saturated rings. The van der Waals surface area contributed by atoms with E-state index in [-0.39, 0.29) is 0 Å². The molecule has 0 radical (unpaired) electrons. The van der Waals surface area contributed by atoms with E-state index in [1.807, 2.05) is 27.7 Å². The van der Waals surface area contributed by atoms with Crippen LogP contribution in [0.2, 0.25) is 0 Å². The minimum absolute atomic E-state index is 0.772. The van der Waals surface area contributed by atoms with Gasteiger partial charge in [0.25, 0.3) is 0 Å².